The van der Waals surface area contributed by atoms with Gasteiger partial charge in [-0.15, -0.1) is 0 Å². The summed E-state index contributed by atoms with van der Waals surface area (Å²) in [6.45, 7) is 4.72. The van der Waals surface area contributed by atoms with Crippen molar-refractivity contribution < 1.29 is 54.1 Å². The minimum absolute atomic E-state index is 0.176. The number of aliphatic carboxylic acids is 2. The van der Waals surface area contributed by atoms with Crippen molar-refractivity contribution in [2.24, 2.45) is 5.92 Å². The maximum atomic E-state index is 12.6. The highest BCUT2D eigenvalue weighted by Crippen LogP contribution is 2.47. The van der Waals surface area contributed by atoms with Crippen LogP contribution in [-0.4, -0.2) is 92.6 Å². The maximum Gasteiger partial charge on any atom is 0.335 e. The van der Waals surface area contributed by atoms with Crippen molar-refractivity contribution in [2.45, 2.75) is 25.2 Å². The van der Waals surface area contributed by atoms with E-state index in [1.54, 1.807) is 30.3 Å². The molecule has 0 aliphatic carbocycles. The van der Waals surface area contributed by atoms with Gasteiger partial charge < -0.3 is 40.1 Å². The number of carboxylic acids is 2. The fourth-order valence-electron chi connectivity index (χ4n) is 4.98. The Balaban J connectivity index is 0.000000382. The summed E-state index contributed by atoms with van der Waals surface area (Å²) in [5, 5.41) is 52.6. The highest BCUT2D eigenvalue weighted by molar-refractivity contribution is 5.96. The van der Waals surface area contributed by atoms with Gasteiger partial charge >= 0.3 is 11.9 Å². The van der Waals surface area contributed by atoms with Gasteiger partial charge in [-0.25, -0.2) is 9.59 Å². The Hall–Kier alpha value is -4.65. The van der Waals surface area contributed by atoms with Crippen LogP contribution in [0.25, 0.3) is 11.1 Å². The van der Waals surface area contributed by atoms with Gasteiger partial charge in [-0.1, -0.05) is 24.3 Å². The molecule has 3 aromatic rings. The van der Waals surface area contributed by atoms with Crippen LogP contribution in [0, 0.1) is 5.92 Å². The molecule has 5 rings (SSSR count). The van der Waals surface area contributed by atoms with E-state index in [1.807, 2.05) is 43.3 Å². The van der Waals surface area contributed by atoms with Crippen molar-refractivity contribution in [3.05, 3.63) is 83.4 Å². The van der Waals surface area contributed by atoms with Crippen molar-refractivity contribution in [3.63, 3.8) is 0 Å². The van der Waals surface area contributed by atoms with Gasteiger partial charge in [-0.3, -0.25) is 9.29 Å². The molecule has 44 heavy (non-hydrogen) atoms. The zero-order valence-electron chi connectivity index (χ0n) is 23.8. The number of hydrogen-bond acceptors (Lipinski definition) is 9. The van der Waals surface area contributed by atoms with Gasteiger partial charge in [-0.05, 0) is 66.1 Å². The number of aliphatic hydroxyl groups is 2. The van der Waals surface area contributed by atoms with E-state index < -0.39 is 24.1 Å². The average Bonchev–Trinajstić information content (AvgIpc) is 2.98. The van der Waals surface area contributed by atoms with Gasteiger partial charge in [0.15, 0.2) is 12.2 Å². The fraction of sp³-hybridized carbons (Fsp3) is 0.312. The Labute approximate surface area is 252 Å². The number of halogens is 1. The summed E-state index contributed by atoms with van der Waals surface area (Å²) in [6, 6.07) is 20.1. The lowest BCUT2D eigenvalue weighted by Crippen LogP contribution is -2.49. The van der Waals surface area contributed by atoms with Crippen LogP contribution in [0.15, 0.2) is 66.7 Å². The number of aromatic hydroxyl groups is 2. The van der Waals surface area contributed by atoms with Crippen LogP contribution in [0.3, 0.4) is 0 Å². The van der Waals surface area contributed by atoms with E-state index >= 15 is 0 Å². The van der Waals surface area contributed by atoms with E-state index in [0.29, 0.717) is 12.4 Å². The number of benzene rings is 3. The summed E-state index contributed by atoms with van der Waals surface area (Å²) < 4.78 is 24.9. The Kier molecular flexibility index (Phi) is 10.4. The van der Waals surface area contributed by atoms with Crippen LogP contribution in [0.4, 0.5) is 4.39 Å². The summed E-state index contributed by atoms with van der Waals surface area (Å²) >= 11 is 0. The molecule has 2 aliphatic heterocycles. The van der Waals surface area contributed by atoms with Crippen LogP contribution in [0.2, 0.25) is 0 Å². The summed E-state index contributed by atoms with van der Waals surface area (Å²) in [6.07, 6.45) is -4.92. The molecule has 0 amide bonds. The van der Waals surface area contributed by atoms with Crippen molar-refractivity contribution in [3.8, 4) is 23.0 Å². The number of phenolic OH excluding ortho intramolecular Hbond substituents is 2. The third kappa shape index (κ3) is 7.64. The standard InChI is InChI=1S/C28H28FNO4.C4H6O6/c1-18-25-14-23(32)7-10-26(25)34-28(27(18)21-3-2-4-22(31)13-21)20-5-8-24(9-6-20)33-12-11-30-16-19(15-29)17-30;5-1(3(7)8)2(6)4(9)10/h2-10,13-14,19,28,31-32H,11-12,15-17H2,1H3;1-2,5-6H,(H,7,8)(H,9,10)/t28-;1-,2-/m01/s1. The molecular weight excluding hydrogens is 577 g/mol. The number of allylic oxidation sites excluding steroid dienone is 1. The zero-order valence-corrected chi connectivity index (χ0v) is 23.8. The predicted molar refractivity (Wildman–Crippen MR) is 157 cm³/mol. The number of hydrogen-bond donors (Lipinski definition) is 6. The van der Waals surface area contributed by atoms with E-state index in [-0.39, 0.29) is 30.2 Å². The molecule has 2 heterocycles. The lowest BCUT2D eigenvalue weighted by molar-refractivity contribution is -0.165. The number of carbonyl (C=O) groups is 2. The molecule has 0 spiro atoms. The van der Waals surface area contributed by atoms with Crippen LogP contribution in [0.1, 0.15) is 29.7 Å². The van der Waals surface area contributed by atoms with E-state index in [9.17, 15) is 24.2 Å². The minimum Gasteiger partial charge on any atom is -0.508 e. The summed E-state index contributed by atoms with van der Waals surface area (Å²) in [5.41, 5.74) is 4.56. The number of fused-ring (bicyclic) bond motifs is 1. The number of aliphatic hydroxyl groups excluding tert-OH is 2. The van der Waals surface area contributed by atoms with Gasteiger partial charge in [0.1, 0.15) is 35.7 Å². The second-order valence-corrected chi connectivity index (χ2v) is 10.5. The quantitative estimate of drug-likeness (QED) is 0.198. The van der Waals surface area contributed by atoms with E-state index in [1.165, 1.54) is 0 Å². The van der Waals surface area contributed by atoms with Gasteiger partial charge in [0, 0.05) is 36.7 Å². The summed E-state index contributed by atoms with van der Waals surface area (Å²) in [7, 11) is 0. The van der Waals surface area contributed by atoms with E-state index in [0.717, 1.165) is 53.2 Å². The first kappa shape index (κ1) is 32.3. The first-order valence-electron chi connectivity index (χ1n) is 13.8. The third-order valence-electron chi connectivity index (χ3n) is 7.35. The largest absolute Gasteiger partial charge is 0.508 e. The number of likely N-dealkylation sites (tertiary alicyclic amines) is 1. The lowest BCUT2D eigenvalue weighted by atomic mass is 9.86. The molecule has 0 bridgehead atoms. The monoisotopic (exact) mass is 611 g/mol. The van der Waals surface area contributed by atoms with E-state index in [2.05, 4.69) is 4.90 Å². The Bertz CT molecular complexity index is 1490. The molecule has 1 saturated heterocycles. The Morgan fingerprint density at radius 2 is 1.59 bits per heavy atom. The second kappa shape index (κ2) is 14.2. The van der Waals surface area contributed by atoms with E-state index in [4.69, 9.17) is 29.9 Å². The minimum atomic E-state index is -2.27. The van der Waals surface area contributed by atoms with Crippen LogP contribution >= 0.6 is 0 Å². The normalized spacial score (nSPS) is 17.7. The van der Waals surface area contributed by atoms with Gasteiger partial charge in [0.05, 0.1) is 6.67 Å². The lowest BCUT2D eigenvalue weighted by Gasteiger charge is -2.37. The molecule has 2 aliphatic rings. The molecule has 11 nitrogen and oxygen atoms in total. The number of carboxylic acid groups (broad SMARTS) is 2. The predicted octanol–water partition coefficient (Wildman–Crippen LogP) is 3.32. The first-order chi connectivity index (χ1) is 21.0. The van der Waals surface area contributed by atoms with Crippen molar-refractivity contribution in [1.29, 1.82) is 0 Å². The maximum absolute atomic E-state index is 12.6. The van der Waals surface area contributed by atoms with Crippen LogP contribution in [0.5, 0.6) is 23.0 Å². The molecule has 0 saturated carbocycles. The van der Waals surface area contributed by atoms with Crippen molar-refractivity contribution in [2.75, 3.05) is 32.9 Å². The van der Waals surface area contributed by atoms with Gasteiger partial charge in [-0.2, -0.15) is 0 Å². The third-order valence-corrected chi connectivity index (χ3v) is 7.35. The van der Waals surface area contributed by atoms with Crippen molar-refractivity contribution >= 4 is 23.1 Å². The van der Waals surface area contributed by atoms with Gasteiger partial charge in [0.2, 0.25) is 0 Å². The fourth-order valence-corrected chi connectivity index (χ4v) is 4.98. The van der Waals surface area contributed by atoms with Crippen molar-refractivity contribution in [1.82, 2.24) is 4.90 Å². The highest BCUT2D eigenvalue weighted by Gasteiger charge is 2.31. The molecule has 1 fully saturated rings. The molecule has 6 N–H and O–H groups in total. The number of phenols is 2. The molecular formula is C32H34FNO10. The molecule has 0 unspecified atom stereocenters. The smallest absolute Gasteiger partial charge is 0.335 e. The summed E-state index contributed by atoms with van der Waals surface area (Å²) in [5.74, 6) is -1.53. The SMILES string of the molecule is CC1=C(c2cccc(O)c2)[C@H](c2ccc(OCCN3CC(CF)C3)cc2)Oc2ccc(O)cc21.O=C(O)[C@H](O)[C@@H](O)C(=O)O. The average molecular weight is 612 g/mol. The van der Waals surface area contributed by atoms with Gasteiger partial charge in [0.25, 0.3) is 0 Å². The highest BCUT2D eigenvalue weighted by atomic mass is 19.1. The number of alkyl halides is 1. The molecule has 12 heteroatoms. The molecule has 0 radical (unpaired) electrons. The molecule has 234 valence electrons. The van der Waals surface area contributed by atoms with Crippen LogP contribution < -0.4 is 9.47 Å². The number of ether oxygens (including phenoxy) is 2. The Morgan fingerprint density at radius 3 is 2.18 bits per heavy atom. The molecule has 3 atom stereocenters. The first-order valence-corrected chi connectivity index (χ1v) is 13.8. The molecule has 0 aromatic heterocycles. The zero-order chi connectivity index (χ0) is 32.0. The Morgan fingerprint density at radius 1 is 0.955 bits per heavy atom. The number of rotatable bonds is 10. The summed E-state index contributed by atoms with van der Waals surface area (Å²) in [4.78, 5) is 21.7. The topological polar surface area (TPSA) is 177 Å². The number of nitrogens with zero attached hydrogens (tertiary/aromatic N) is 1. The molecule has 3 aromatic carbocycles. The van der Waals surface area contributed by atoms with Crippen LogP contribution in [-0.2, 0) is 9.59 Å². The second-order valence-electron chi connectivity index (χ2n) is 10.5.